The zero-order valence-electron chi connectivity index (χ0n) is 10.1. The molecule has 18 heavy (non-hydrogen) atoms. The van der Waals surface area contributed by atoms with E-state index in [0.717, 1.165) is 18.7 Å². The molecule has 0 aliphatic rings. The first-order valence-electron chi connectivity index (χ1n) is 6.09. The number of nitrogens with one attached hydrogen (secondary N) is 2. The maximum absolute atomic E-state index is 4.28. The van der Waals surface area contributed by atoms with E-state index in [-0.39, 0.29) is 0 Å². The first-order valence-corrected chi connectivity index (χ1v) is 6.09. The molecule has 1 aromatic carbocycles. The highest BCUT2D eigenvalue weighted by molar-refractivity contribution is 5.79. The summed E-state index contributed by atoms with van der Waals surface area (Å²) < 4.78 is 0. The van der Waals surface area contributed by atoms with Gasteiger partial charge < -0.3 is 10.3 Å². The molecule has 2 aromatic heterocycles. The van der Waals surface area contributed by atoms with Gasteiger partial charge in [-0.3, -0.25) is 0 Å². The van der Waals surface area contributed by atoms with E-state index in [4.69, 9.17) is 0 Å². The van der Waals surface area contributed by atoms with Gasteiger partial charge in [0, 0.05) is 30.9 Å². The van der Waals surface area contributed by atoms with Gasteiger partial charge >= 0.3 is 0 Å². The minimum Gasteiger partial charge on any atom is -0.346 e. The predicted molar refractivity (Wildman–Crippen MR) is 73.1 cm³/mol. The van der Waals surface area contributed by atoms with E-state index in [0.29, 0.717) is 0 Å². The number of fused-ring (bicyclic) bond motifs is 1. The van der Waals surface area contributed by atoms with Crippen LogP contribution in [0, 0.1) is 0 Å². The fraction of sp³-hybridized carbons (Fsp3) is 0.133. The average Bonchev–Trinajstić information content (AvgIpc) is 2.84. The van der Waals surface area contributed by atoms with Crippen LogP contribution in [0.3, 0.4) is 0 Å². The van der Waals surface area contributed by atoms with Gasteiger partial charge in [-0.15, -0.1) is 0 Å². The summed E-state index contributed by atoms with van der Waals surface area (Å²) in [6, 6.07) is 14.5. The maximum atomic E-state index is 4.28. The second-order valence-corrected chi connectivity index (χ2v) is 4.30. The van der Waals surface area contributed by atoms with Gasteiger partial charge in [-0.1, -0.05) is 30.3 Å². The summed E-state index contributed by atoms with van der Waals surface area (Å²) in [4.78, 5) is 7.47. The van der Waals surface area contributed by atoms with Gasteiger partial charge in [-0.05, 0) is 23.3 Å². The van der Waals surface area contributed by atoms with E-state index in [9.17, 15) is 0 Å². The lowest BCUT2D eigenvalue weighted by atomic mass is 10.2. The highest BCUT2D eigenvalue weighted by atomic mass is 14.9. The van der Waals surface area contributed by atoms with Crippen molar-refractivity contribution in [3.63, 3.8) is 0 Å². The quantitative estimate of drug-likeness (QED) is 0.732. The predicted octanol–water partition coefficient (Wildman–Crippen LogP) is 2.85. The molecule has 0 amide bonds. The van der Waals surface area contributed by atoms with Crippen LogP contribution in [-0.4, -0.2) is 9.97 Å². The van der Waals surface area contributed by atoms with Gasteiger partial charge in [0.15, 0.2) is 0 Å². The summed E-state index contributed by atoms with van der Waals surface area (Å²) in [6.45, 7) is 1.73. The van der Waals surface area contributed by atoms with Gasteiger partial charge in [0.2, 0.25) is 0 Å². The first-order chi connectivity index (χ1) is 8.93. The Kier molecular flexibility index (Phi) is 3.07. The Morgan fingerprint density at radius 3 is 2.78 bits per heavy atom. The van der Waals surface area contributed by atoms with Gasteiger partial charge in [0.05, 0.1) is 0 Å². The molecule has 2 N–H and O–H groups in total. The SMILES string of the molecule is c1ccc(CNCc2c[nH]c3ncccc23)cc1. The molecule has 0 saturated heterocycles. The molecule has 90 valence electrons. The van der Waals surface area contributed by atoms with Crippen LogP contribution in [0.2, 0.25) is 0 Å². The number of pyridine rings is 1. The third-order valence-electron chi connectivity index (χ3n) is 3.02. The van der Waals surface area contributed by atoms with Crippen molar-refractivity contribution in [2.45, 2.75) is 13.1 Å². The number of aromatic nitrogens is 2. The Labute approximate surface area is 106 Å². The lowest BCUT2D eigenvalue weighted by Crippen LogP contribution is -2.12. The van der Waals surface area contributed by atoms with Crippen LogP contribution in [0.1, 0.15) is 11.1 Å². The van der Waals surface area contributed by atoms with E-state index >= 15 is 0 Å². The van der Waals surface area contributed by atoms with Gasteiger partial charge in [0.1, 0.15) is 5.65 Å². The number of H-pyrrole nitrogens is 1. The molecule has 0 saturated carbocycles. The van der Waals surface area contributed by atoms with Crippen LogP contribution in [0.15, 0.2) is 54.9 Å². The Bertz CT molecular complexity index is 628. The number of nitrogens with zero attached hydrogens (tertiary/aromatic N) is 1. The van der Waals surface area contributed by atoms with Crippen molar-refractivity contribution in [1.29, 1.82) is 0 Å². The highest BCUT2D eigenvalue weighted by Gasteiger charge is 2.02. The molecule has 0 aliphatic heterocycles. The number of rotatable bonds is 4. The van der Waals surface area contributed by atoms with Gasteiger partial charge in [-0.25, -0.2) is 4.98 Å². The fourth-order valence-corrected chi connectivity index (χ4v) is 2.10. The zero-order valence-corrected chi connectivity index (χ0v) is 10.1. The maximum Gasteiger partial charge on any atom is 0.137 e. The Morgan fingerprint density at radius 1 is 1.00 bits per heavy atom. The summed E-state index contributed by atoms with van der Waals surface area (Å²) >= 11 is 0. The summed E-state index contributed by atoms with van der Waals surface area (Å²) in [5.41, 5.74) is 3.51. The molecule has 0 bridgehead atoms. The van der Waals surface area contributed by atoms with Gasteiger partial charge in [0.25, 0.3) is 0 Å². The largest absolute Gasteiger partial charge is 0.346 e. The number of hydrogen-bond donors (Lipinski definition) is 2. The van der Waals surface area contributed by atoms with Crippen LogP contribution in [0.5, 0.6) is 0 Å². The average molecular weight is 237 g/mol. The molecule has 0 aliphatic carbocycles. The molecular formula is C15H15N3. The molecule has 0 fully saturated rings. The van der Waals surface area contributed by atoms with Crippen LogP contribution < -0.4 is 5.32 Å². The highest BCUT2D eigenvalue weighted by Crippen LogP contribution is 2.15. The van der Waals surface area contributed by atoms with Crippen molar-refractivity contribution in [3.05, 3.63) is 66.0 Å². The summed E-state index contributed by atoms with van der Waals surface area (Å²) in [5.74, 6) is 0. The minimum atomic E-state index is 0.848. The molecule has 0 spiro atoms. The third-order valence-corrected chi connectivity index (χ3v) is 3.02. The topological polar surface area (TPSA) is 40.7 Å². The number of hydrogen-bond acceptors (Lipinski definition) is 2. The molecular weight excluding hydrogens is 222 g/mol. The second-order valence-electron chi connectivity index (χ2n) is 4.30. The van der Waals surface area contributed by atoms with Crippen molar-refractivity contribution in [1.82, 2.24) is 15.3 Å². The van der Waals surface area contributed by atoms with Crippen molar-refractivity contribution in [2.24, 2.45) is 0 Å². The molecule has 3 nitrogen and oxygen atoms in total. The molecule has 0 atom stereocenters. The van der Waals surface area contributed by atoms with E-state index < -0.39 is 0 Å². The Balaban J connectivity index is 1.67. The van der Waals surface area contributed by atoms with Crippen molar-refractivity contribution >= 4 is 11.0 Å². The van der Waals surface area contributed by atoms with Crippen LogP contribution in [0.4, 0.5) is 0 Å². The minimum absolute atomic E-state index is 0.848. The zero-order chi connectivity index (χ0) is 12.2. The Morgan fingerprint density at radius 2 is 1.89 bits per heavy atom. The van der Waals surface area contributed by atoms with Gasteiger partial charge in [-0.2, -0.15) is 0 Å². The lowest BCUT2D eigenvalue weighted by molar-refractivity contribution is 0.696. The van der Waals surface area contributed by atoms with E-state index in [1.165, 1.54) is 16.5 Å². The molecule has 0 unspecified atom stereocenters. The van der Waals surface area contributed by atoms with Crippen molar-refractivity contribution < 1.29 is 0 Å². The van der Waals surface area contributed by atoms with Crippen LogP contribution >= 0.6 is 0 Å². The Hall–Kier alpha value is -2.13. The third kappa shape index (κ3) is 2.26. The summed E-state index contributed by atoms with van der Waals surface area (Å²) in [6.07, 6.45) is 3.83. The molecule has 2 heterocycles. The fourth-order valence-electron chi connectivity index (χ4n) is 2.10. The summed E-state index contributed by atoms with van der Waals surface area (Å²) in [5, 5.41) is 4.64. The van der Waals surface area contributed by atoms with E-state index in [1.54, 1.807) is 6.20 Å². The standard InChI is InChI=1S/C15H15N3/c1-2-5-12(6-3-1)9-16-10-13-11-18-15-14(13)7-4-8-17-15/h1-8,11,16H,9-10H2,(H,17,18). The van der Waals surface area contributed by atoms with E-state index in [1.807, 2.05) is 18.3 Å². The normalized spacial score (nSPS) is 10.9. The number of aromatic amines is 1. The molecule has 3 rings (SSSR count). The lowest BCUT2D eigenvalue weighted by Gasteiger charge is -2.03. The monoisotopic (exact) mass is 237 g/mol. The molecule has 3 aromatic rings. The van der Waals surface area contributed by atoms with Crippen LogP contribution in [0.25, 0.3) is 11.0 Å². The summed E-state index contributed by atoms with van der Waals surface area (Å²) in [7, 11) is 0. The molecule has 3 heteroatoms. The molecule has 0 radical (unpaired) electrons. The number of benzene rings is 1. The van der Waals surface area contributed by atoms with Crippen LogP contribution in [-0.2, 0) is 13.1 Å². The van der Waals surface area contributed by atoms with Crippen molar-refractivity contribution in [3.8, 4) is 0 Å². The first kappa shape index (κ1) is 11.0. The van der Waals surface area contributed by atoms with E-state index in [2.05, 4.69) is 45.6 Å². The second kappa shape index (κ2) is 5.02. The van der Waals surface area contributed by atoms with Crippen molar-refractivity contribution in [2.75, 3.05) is 0 Å². The smallest absolute Gasteiger partial charge is 0.137 e.